The van der Waals surface area contributed by atoms with Gasteiger partial charge in [0.05, 0.1) is 0 Å². The molecule has 0 spiro atoms. The van der Waals surface area contributed by atoms with Crippen LogP contribution in [-0.2, 0) is 0 Å². The Morgan fingerprint density at radius 1 is 1.35 bits per heavy atom. The van der Waals surface area contributed by atoms with Gasteiger partial charge in [0.1, 0.15) is 0 Å². The predicted octanol–water partition coefficient (Wildman–Crippen LogP) is 0.662. The number of hydrogen-bond donors (Lipinski definition) is 2. The van der Waals surface area contributed by atoms with Crippen molar-refractivity contribution in [2.24, 2.45) is 5.92 Å². The van der Waals surface area contributed by atoms with Gasteiger partial charge >= 0.3 is 0 Å². The van der Waals surface area contributed by atoms with Gasteiger partial charge in [-0.2, -0.15) is 0 Å². The van der Waals surface area contributed by atoms with Gasteiger partial charge in [0.25, 0.3) is 5.91 Å². The zero-order chi connectivity index (χ0) is 14.4. The maximum atomic E-state index is 11.4. The van der Waals surface area contributed by atoms with Crippen LogP contribution in [0.25, 0.3) is 0 Å². The van der Waals surface area contributed by atoms with E-state index in [-0.39, 0.29) is 5.91 Å². The molecular formula is C14H23N5O. The zero-order valence-electron chi connectivity index (χ0n) is 12.2. The summed E-state index contributed by atoms with van der Waals surface area (Å²) in [5.74, 6) is 1.41. The summed E-state index contributed by atoms with van der Waals surface area (Å²) >= 11 is 0. The third kappa shape index (κ3) is 3.66. The molecule has 0 radical (unpaired) electrons. The molecule has 6 heteroatoms. The molecule has 1 amide bonds. The fourth-order valence-corrected chi connectivity index (χ4v) is 2.46. The van der Waals surface area contributed by atoms with Gasteiger partial charge in [-0.05, 0) is 44.0 Å². The van der Waals surface area contributed by atoms with Gasteiger partial charge < -0.3 is 15.5 Å². The first kappa shape index (κ1) is 14.7. The maximum Gasteiger partial charge on any atom is 0.271 e. The molecule has 0 aliphatic carbocycles. The van der Waals surface area contributed by atoms with E-state index in [2.05, 4.69) is 32.7 Å². The smallest absolute Gasteiger partial charge is 0.271 e. The second-order valence-corrected chi connectivity index (χ2v) is 5.09. The SMILES string of the molecule is CCNCC1CCN(c2ccc(C(=O)NC)nn2)CC1. The third-order valence-corrected chi connectivity index (χ3v) is 3.73. The number of amides is 1. The number of anilines is 1. The van der Waals surface area contributed by atoms with Gasteiger partial charge in [-0.1, -0.05) is 6.92 Å². The zero-order valence-corrected chi connectivity index (χ0v) is 12.2. The number of carbonyl (C=O) groups is 1. The number of aromatic nitrogens is 2. The van der Waals surface area contributed by atoms with Crippen molar-refractivity contribution in [1.82, 2.24) is 20.8 Å². The Kier molecular flexibility index (Phi) is 5.29. The minimum atomic E-state index is -0.201. The molecule has 1 aromatic heterocycles. The summed E-state index contributed by atoms with van der Waals surface area (Å²) in [6, 6.07) is 3.61. The highest BCUT2D eigenvalue weighted by atomic mass is 16.1. The van der Waals surface area contributed by atoms with Crippen molar-refractivity contribution in [2.75, 3.05) is 38.1 Å². The van der Waals surface area contributed by atoms with E-state index in [1.165, 1.54) is 12.8 Å². The molecule has 6 nitrogen and oxygen atoms in total. The Morgan fingerprint density at radius 3 is 2.65 bits per heavy atom. The molecular weight excluding hydrogens is 254 g/mol. The lowest BCUT2D eigenvalue weighted by molar-refractivity contribution is 0.0957. The minimum absolute atomic E-state index is 0.201. The number of hydrogen-bond acceptors (Lipinski definition) is 5. The monoisotopic (exact) mass is 277 g/mol. The number of piperidine rings is 1. The summed E-state index contributed by atoms with van der Waals surface area (Å²) in [5.41, 5.74) is 0.360. The lowest BCUT2D eigenvalue weighted by atomic mass is 9.97. The van der Waals surface area contributed by atoms with Crippen molar-refractivity contribution in [3.63, 3.8) is 0 Å². The van der Waals surface area contributed by atoms with E-state index in [9.17, 15) is 4.79 Å². The van der Waals surface area contributed by atoms with E-state index < -0.39 is 0 Å². The minimum Gasteiger partial charge on any atom is -0.355 e. The molecule has 1 aromatic rings. The largest absolute Gasteiger partial charge is 0.355 e. The van der Waals surface area contributed by atoms with Crippen molar-refractivity contribution >= 4 is 11.7 Å². The molecule has 1 fully saturated rings. The van der Waals surface area contributed by atoms with Crippen LogP contribution in [0.3, 0.4) is 0 Å². The number of nitrogens with one attached hydrogen (secondary N) is 2. The summed E-state index contributed by atoms with van der Waals surface area (Å²) in [6.45, 7) is 6.28. The molecule has 0 unspecified atom stereocenters. The van der Waals surface area contributed by atoms with Crippen LogP contribution < -0.4 is 15.5 Å². The molecule has 1 saturated heterocycles. The van der Waals surface area contributed by atoms with Crippen molar-refractivity contribution in [2.45, 2.75) is 19.8 Å². The topological polar surface area (TPSA) is 70.2 Å². The van der Waals surface area contributed by atoms with E-state index in [4.69, 9.17) is 0 Å². The summed E-state index contributed by atoms with van der Waals surface area (Å²) in [6.07, 6.45) is 2.34. The van der Waals surface area contributed by atoms with Crippen LogP contribution in [-0.4, -0.2) is 49.3 Å². The van der Waals surface area contributed by atoms with Gasteiger partial charge in [-0.3, -0.25) is 4.79 Å². The van der Waals surface area contributed by atoms with E-state index >= 15 is 0 Å². The normalized spacial score (nSPS) is 16.2. The van der Waals surface area contributed by atoms with Crippen LogP contribution in [0.5, 0.6) is 0 Å². The highest BCUT2D eigenvalue weighted by Gasteiger charge is 2.20. The molecule has 2 rings (SSSR count). The number of rotatable bonds is 5. The fraction of sp³-hybridized carbons (Fsp3) is 0.643. The van der Waals surface area contributed by atoms with Crippen LogP contribution in [0.4, 0.5) is 5.82 Å². The van der Waals surface area contributed by atoms with Gasteiger partial charge in [0, 0.05) is 20.1 Å². The Bertz CT molecular complexity index is 426. The van der Waals surface area contributed by atoms with E-state index in [1.54, 1.807) is 13.1 Å². The summed E-state index contributed by atoms with van der Waals surface area (Å²) in [5, 5.41) is 14.1. The lowest BCUT2D eigenvalue weighted by Crippen LogP contribution is -2.37. The lowest BCUT2D eigenvalue weighted by Gasteiger charge is -2.32. The molecule has 1 aliphatic rings. The van der Waals surface area contributed by atoms with Crippen molar-refractivity contribution in [3.05, 3.63) is 17.8 Å². The quantitative estimate of drug-likeness (QED) is 0.827. The Labute approximate surface area is 120 Å². The van der Waals surface area contributed by atoms with Crippen LogP contribution >= 0.6 is 0 Å². The average Bonchev–Trinajstić information content (AvgIpc) is 2.53. The first-order chi connectivity index (χ1) is 9.74. The fourth-order valence-electron chi connectivity index (χ4n) is 2.46. The van der Waals surface area contributed by atoms with Crippen LogP contribution in [0, 0.1) is 5.92 Å². The van der Waals surface area contributed by atoms with Crippen molar-refractivity contribution in [1.29, 1.82) is 0 Å². The first-order valence-corrected chi connectivity index (χ1v) is 7.26. The van der Waals surface area contributed by atoms with E-state index in [0.717, 1.165) is 37.9 Å². The van der Waals surface area contributed by atoms with Crippen LogP contribution in [0.2, 0.25) is 0 Å². The highest BCUT2D eigenvalue weighted by Crippen LogP contribution is 2.20. The highest BCUT2D eigenvalue weighted by molar-refractivity contribution is 5.91. The van der Waals surface area contributed by atoms with Gasteiger partial charge in [0.2, 0.25) is 0 Å². The first-order valence-electron chi connectivity index (χ1n) is 7.26. The van der Waals surface area contributed by atoms with Crippen LogP contribution in [0.1, 0.15) is 30.3 Å². The average molecular weight is 277 g/mol. The second kappa shape index (κ2) is 7.19. The standard InChI is InChI=1S/C14H23N5O/c1-3-16-10-11-6-8-19(9-7-11)13-5-4-12(17-18-13)14(20)15-2/h4-5,11,16H,3,6-10H2,1-2H3,(H,15,20). The Balaban J connectivity index is 1.89. The molecule has 2 heterocycles. The van der Waals surface area contributed by atoms with E-state index in [1.807, 2.05) is 6.07 Å². The number of nitrogens with zero attached hydrogens (tertiary/aromatic N) is 3. The molecule has 0 saturated carbocycles. The summed E-state index contributed by atoms with van der Waals surface area (Å²) in [7, 11) is 1.59. The number of carbonyl (C=O) groups excluding carboxylic acids is 1. The molecule has 0 aromatic carbocycles. The summed E-state index contributed by atoms with van der Waals surface area (Å²) in [4.78, 5) is 13.6. The molecule has 1 aliphatic heterocycles. The van der Waals surface area contributed by atoms with E-state index in [0.29, 0.717) is 5.69 Å². The second-order valence-electron chi connectivity index (χ2n) is 5.09. The third-order valence-electron chi connectivity index (χ3n) is 3.73. The molecule has 0 bridgehead atoms. The predicted molar refractivity (Wildman–Crippen MR) is 78.9 cm³/mol. The van der Waals surface area contributed by atoms with Crippen molar-refractivity contribution < 1.29 is 4.79 Å². The molecule has 110 valence electrons. The van der Waals surface area contributed by atoms with Gasteiger partial charge in [0.15, 0.2) is 11.5 Å². The molecule has 0 atom stereocenters. The Hall–Kier alpha value is -1.69. The summed E-state index contributed by atoms with van der Waals surface area (Å²) < 4.78 is 0. The molecule has 2 N–H and O–H groups in total. The van der Waals surface area contributed by atoms with Gasteiger partial charge in [-0.15, -0.1) is 10.2 Å². The van der Waals surface area contributed by atoms with Gasteiger partial charge in [-0.25, -0.2) is 0 Å². The Morgan fingerprint density at radius 2 is 2.10 bits per heavy atom. The maximum absolute atomic E-state index is 11.4. The van der Waals surface area contributed by atoms with Crippen molar-refractivity contribution in [3.8, 4) is 0 Å². The molecule has 20 heavy (non-hydrogen) atoms. The van der Waals surface area contributed by atoms with Crippen LogP contribution in [0.15, 0.2) is 12.1 Å².